The van der Waals surface area contributed by atoms with Gasteiger partial charge in [-0.2, -0.15) is 0 Å². The first-order valence-electron chi connectivity index (χ1n) is 42.0. The molecule has 0 rings (SSSR count). The van der Waals surface area contributed by atoms with Gasteiger partial charge in [0.05, 0.1) is 26.4 Å². The van der Waals surface area contributed by atoms with Gasteiger partial charge in [-0.15, -0.1) is 0 Å². The van der Waals surface area contributed by atoms with Gasteiger partial charge in [0.25, 0.3) is 0 Å². The van der Waals surface area contributed by atoms with Crippen LogP contribution >= 0.6 is 15.6 Å². The predicted octanol–water partition coefficient (Wildman–Crippen LogP) is 25.1. The van der Waals surface area contributed by atoms with Crippen LogP contribution < -0.4 is 0 Å². The van der Waals surface area contributed by atoms with Crippen LogP contribution in [0.25, 0.3) is 0 Å². The summed E-state index contributed by atoms with van der Waals surface area (Å²) in [7, 11) is -10.0. The number of hydrogen-bond acceptors (Lipinski definition) is 15. The van der Waals surface area contributed by atoms with Crippen LogP contribution in [0.15, 0.2) is 182 Å². The van der Waals surface area contributed by atoms with Crippen molar-refractivity contribution in [2.75, 3.05) is 39.6 Å². The van der Waals surface area contributed by atoms with Crippen molar-refractivity contribution in [3.63, 3.8) is 0 Å². The van der Waals surface area contributed by atoms with Crippen LogP contribution in [0.3, 0.4) is 0 Å². The Kier molecular flexibility index (Phi) is 76.9. The van der Waals surface area contributed by atoms with E-state index in [2.05, 4.69) is 198 Å². The van der Waals surface area contributed by atoms with E-state index in [9.17, 15) is 43.2 Å². The highest BCUT2D eigenvalue weighted by molar-refractivity contribution is 7.47. The van der Waals surface area contributed by atoms with Crippen LogP contribution in [0.2, 0.25) is 0 Å². The van der Waals surface area contributed by atoms with Crippen LogP contribution in [0.5, 0.6) is 0 Å². The molecule has 0 bridgehead atoms. The first-order valence-corrected chi connectivity index (χ1v) is 45.0. The first kappa shape index (κ1) is 104. The number of carbonyl (C=O) groups excluding carboxylic acids is 4. The number of rotatable bonds is 77. The number of carbonyl (C=O) groups is 4. The normalized spacial score (nSPS) is 14.7. The number of aliphatic hydroxyl groups is 1. The molecule has 0 fully saturated rings. The molecule has 0 heterocycles. The largest absolute Gasteiger partial charge is 0.472 e. The van der Waals surface area contributed by atoms with E-state index in [-0.39, 0.29) is 25.7 Å². The summed E-state index contributed by atoms with van der Waals surface area (Å²) in [5.74, 6) is -2.32. The summed E-state index contributed by atoms with van der Waals surface area (Å²) in [6, 6.07) is 0. The van der Waals surface area contributed by atoms with Crippen molar-refractivity contribution in [1.82, 2.24) is 0 Å². The molecule has 0 amide bonds. The lowest BCUT2D eigenvalue weighted by molar-refractivity contribution is -0.161. The SMILES string of the molecule is CC/C=C\C/C=C\C/C=C\C/C=C\C/C=C\CCCCCC(=O)OCC(COP(=O)(O)OCC(O)COP(=O)(O)OCC(COC(=O)CCC/C=C\C/C=C\C/C=C\C/C=C\C/C=C\CC)OC(=O)CCCCCCCCCCCCCCCCC)OC(=O)CCCCC/C=C\C/C=C\C/C=C\C/C=C\C/C=C\CC. The molecule has 0 aliphatic heterocycles. The minimum Gasteiger partial charge on any atom is -0.462 e. The zero-order valence-corrected chi connectivity index (χ0v) is 70.1. The van der Waals surface area contributed by atoms with Gasteiger partial charge in [-0.1, -0.05) is 313 Å². The molecule has 5 unspecified atom stereocenters. The number of allylic oxidation sites excluding steroid dienone is 30. The standard InChI is InChI=1S/C91H148O17P2/c1-5-9-13-17-21-25-29-33-37-40-42-45-49-52-56-60-64-68-72-76-89(94)102-82-87(108-91(96)78-74-70-66-62-58-54-50-46-43-41-38-34-30-26-22-18-14-10-6-2)84-106-110(99,100)104-80-85(92)79-103-109(97,98)105-83-86(107-90(95)77-73-69-65-61-57-53-47-36-32-28-24-20-16-12-8-4)81-101-88(93)75-71-67-63-59-55-51-48-44-39-35-31-27-23-19-15-11-7-3/h9-11,13-15,21-23,25-27,33-35,37-39,42-43,45-46,48,51-52,54,56,58-59,63,85-87,92H,5-8,12,16-20,24,28-32,36,40-41,44,47,49-50,53,55,57,60-62,64-84H2,1-4H3,(H,97,98)(H,99,100)/b13-9-,14-10-,15-11-,25-21-,26-22-,27-23-,37-33-,38-34-,39-35-,45-42-,46-43-,51-48-,56-52-,58-54-,63-59-. The molecule has 0 aliphatic carbocycles. The second kappa shape index (κ2) is 81.2. The molecule has 5 atom stereocenters. The average molecular weight is 1580 g/mol. The van der Waals surface area contributed by atoms with E-state index in [4.69, 9.17) is 37.0 Å². The van der Waals surface area contributed by atoms with Gasteiger partial charge in [0, 0.05) is 25.7 Å². The molecule has 110 heavy (non-hydrogen) atoms. The molecule has 17 nitrogen and oxygen atoms in total. The van der Waals surface area contributed by atoms with Gasteiger partial charge in [-0.05, 0) is 154 Å². The van der Waals surface area contributed by atoms with E-state index in [0.29, 0.717) is 32.1 Å². The Balaban J connectivity index is 5.51. The van der Waals surface area contributed by atoms with Crippen LogP contribution in [0.4, 0.5) is 0 Å². The molecule has 0 aromatic carbocycles. The monoisotopic (exact) mass is 1580 g/mol. The fourth-order valence-corrected chi connectivity index (χ4v) is 12.2. The number of phosphoric acid groups is 2. The molecule has 0 aromatic rings. The van der Waals surface area contributed by atoms with Crippen LogP contribution in [-0.4, -0.2) is 96.7 Å². The van der Waals surface area contributed by atoms with Crippen LogP contribution in [-0.2, 0) is 65.4 Å². The Labute approximate surface area is 666 Å². The van der Waals surface area contributed by atoms with Crippen LogP contribution in [0.1, 0.15) is 310 Å². The van der Waals surface area contributed by atoms with Crippen molar-refractivity contribution in [3.8, 4) is 0 Å². The van der Waals surface area contributed by atoms with Gasteiger partial charge in [0.1, 0.15) is 19.3 Å². The maximum atomic E-state index is 13.1. The highest BCUT2D eigenvalue weighted by atomic mass is 31.2. The summed E-state index contributed by atoms with van der Waals surface area (Å²) < 4.78 is 68.7. The average Bonchev–Trinajstić information content (AvgIpc) is 0.900. The third-order valence-corrected chi connectivity index (χ3v) is 18.8. The van der Waals surface area contributed by atoms with E-state index in [1.807, 2.05) is 12.2 Å². The van der Waals surface area contributed by atoms with Crippen molar-refractivity contribution in [3.05, 3.63) is 182 Å². The highest BCUT2D eigenvalue weighted by Crippen LogP contribution is 2.45. The van der Waals surface area contributed by atoms with E-state index >= 15 is 0 Å². The molecular formula is C91H148O17P2. The molecule has 0 radical (unpaired) electrons. The Hall–Kier alpha value is -5.84. The van der Waals surface area contributed by atoms with Crippen molar-refractivity contribution >= 4 is 39.5 Å². The van der Waals surface area contributed by atoms with Gasteiger partial charge >= 0.3 is 39.5 Å². The van der Waals surface area contributed by atoms with E-state index < -0.39 is 97.5 Å². The number of aliphatic hydroxyl groups excluding tert-OH is 1. The number of hydrogen-bond donors (Lipinski definition) is 3. The number of unbranched alkanes of at least 4 members (excludes halogenated alkanes) is 21. The molecule has 0 saturated carbocycles. The Morgan fingerprint density at radius 3 is 0.764 bits per heavy atom. The van der Waals surface area contributed by atoms with Crippen molar-refractivity contribution in [1.29, 1.82) is 0 Å². The molecule has 19 heteroatoms. The van der Waals surface area contributed by atoms with Gasteiger partial charge < -0.3 is 33.8 Å². The summed E-state index contributed by atoms with van der Waals surface area (Å²) in [6.45, 7) is 4.40. The maximum Gasteiger partial charge on any atom is 0.472 e. The fourth-order valence-electron chi connectivity index (χ4n) is 10.6. The Morgan fingerprint density at radius 2 is 0.482 bits per heavy atom. The zero-order valence-electron chi connectivity index (χ0n) is 68.4. The molecule has 0 aromatic heterocycles. The first-order chi connectivity index (χ1) is 53.7. The lowest BCUT2D eigenvalue weighted by atomic mass is 10.0. The highest BCUT2D eigenvalue weighted by Gasteiger charge is 2.30. The van der Waals surface area contributed by atoms with Gasteiger partial charge in [-0.25, -0.2) is 9.13 Å². The minimum absolute atomic E-state index is 0.0399. The summed E-state index contributed by atoms with van der Waals surface area (Å²) in [6.07, 6.45) is 98.7. The van der Waals surface area contributed by atoms with Crippen molar-refractivity contribution < 1.29 is 80.2 Å². The molecule has 3 N–H and O–H groups in total. The third-order valence-electron chi connectivity index (χ3n) is 16.9. The smallest absolute Gasteiger partial charge is 0.462 e. The predicted molar refractivity (Wildman–Crippen MR) is 454 cm³/mol. The zero-order chi connectivity index (χ0) is 80.3. The number of phosphoric ester groups is 2. The summed E-state index contributed by atoms with van der Waals surface area (Å²) in [5, 5.41) is 10.7. The molecular weight excluding hydrogens is 1430 g/mol. The van der Waals surface area contributed by atoms with Gasteiger partial charge in [0.2, 0.25) is 0 Å². The quantitative estimate of drug-likeness (QED) is 0.0169. The van der Waals surface area contributed by atoms with Gasteiger partial charge in [0.15, 0.2) is 12.2 Å². The molecule has 624 valence electrons. The van der Waals surface area contributed by atoms with Crippen LogP contribution in [0, 0.1) is 0 Å². The lowest BCUT2D eigenvalue weighted by Crippen LogP contribution is -2.30. The number of ether oxygens (including phenoxy) is 4. The lowest BCUT2D eigenvalue weighted by Gasteiger charge is -2.21. The van der Waals surface area contributed by atoms with Crippen molar-refractivity contribution in [2.45, 2.75) is 329 Å². The number of esters is 4. The topological polar surface area (TPSA) is 237 Å². The Bertz CT molecular complexity index is 2800. The summed E-state index contributed by atoms with van der Waals surface area (Å²) in [5.41, 5.74) is 0. The Morgan fingerprint density at radius 1 is 0.264 bits per heavy atom. The maximum absolute atomic E-state index is 13.1. The second-order valence-corrected chi connectivity index (χ2v) is 30.2. The fraction of sp³-hybridized carbons (Fsp3) is 0.626. The molecule has 0 saturated heterocycles. The minimum atomic E-state index is -5.01. The molecule has 0 aliphatic rings. The summed E-state index contributed by atoms with van der Waals surface area (Å²) >= 11 is 0. The molecule has 0 spiro atoms. The second-order valence-electron chi connectivity index (χ2n) is 27.3. The van der Waals surface area contributed by atoms with E-state index in [0.717, 1.165) is 161 Å². The van der Waals surface area contributed by atoms with E-state index in [1.54, 1.807) is 0 Å². The van der Waals surface area contributed by atoms with Crippen molar-refractivity contribution in [2.24, 2.45) is 0 Å². The van der Waals surface area contributed by atoms with Gasteiger partial charge in [-0.3, -0.25) is 37.3 Å². The third kappa shape index (κ3) is 80.2. The summed E-state index contributed by atoms with van der Waals surface area (Å²) in [4.78, 5) is 73.2. The van der Waals surface area contributed by atoms with E-state index in [1.165, 1.54) is 64.2 Å².